The van der Waals surface area contributed by atoms with E-state index < -0.39 is 77.8 Å². The lowest BCUT2D eigenvalue weighted by atomic mass is 10.1. The number of Topliss-reactive ketones (excluding diaryl/α,β-unsaturated/α-hetero) is 1. The van der Waals surface area contributed by atoms with Crippen molar-refractivity contribution in [2.75, 3.05) is 18.9 Å². The van der Waals surface area contributed by atoms with Crippen LogP contribution in [0.5, 0.6) is 0 Å². The van der Waals surface area contributed by atoms with Gasteiger partial charge in [0.05, 0.1) is 23.7 Å². The van der Waals surface area contributed by atoms with Crippen molar-refractivity contribution in [2.45, 2.75) is 55.9 Å². The van der Waals surface area contributed by atoms with Gasteiger partial charge in [-0.1, -0.05) is 0 Å². The van der Waals surface area contributed by atoms with Crippen molar-refractivity contribution in [2.24, 2.45) is 0 Å². The predicted octanol–water partition coefficient (Wildman–Crippen LogP) is -1.11. The summed E-state index contributed by atoms with van der Waals surface area (Å²) >= 11 is 0.887. The van der Waals surface area contributed by atoms with Crippen LogP contribution >= 0.6 is 27.2 Å². The molecule has 0 aliphatic carbocycles. The Bertz CT molecular complexity index is 1630. The summed E-state index contributed by atoms with van der Waals surface area (Å²) in [7, 11) is -10.7. The van der Waals surface area contributed by atoms with Crippen molar-refractivity contribution in [1.82, 2.24) is 14.3 Å². The molecule has 3 aromatic heterocycles. The van der Waals surface area contributed by atoms with Gasteiger partial charge in [0.25, 0.3) is 6.23 Å². The molecule has 2 saturated heterocycles. The largest absolute Gasteiger partial charge is 0.481 e. The molecule has 0 bridgehead atoms. The van der Waals surface area contributed by atoms with E-state index in [1.807, 2.05) is 0 Å². The molecule has 3 aromatic rings. The van der Waals surface area contributed by atoms with Gasteiger partial charge in [-0.2, -0.15) is 13.3 Å². The highest BCUT2D eigenvalue weighted by Crippen LogP contribution is 2.61. The van der Waals surface area contributed by atoms with Gasteiger partial charge in [-0.3, -0.25) is 13.8 Å². The molecule has 2 aliphatic rings. The summed E-state index contributed by atoms with van der Waals surface area (Å²) in [5.41, 5.74) is 6.59. The number of aromatic nitrogens is 4. The molecule has 2 aliphatic heterocycles. The molecule has 0 radical (unpaired) electrons. The lowest BCUT2D eigenvalue weighted by Crippen LogP contribution is -2.46. The van der Waals surface area contributed by atoms with Crippen LogP contribution in [0.2, 0.25) is 0 Å². The number of carbonyl (C=O) groups excluding carboxylic acids is 1. The number of nitrogens with two attached hydrogens (primary N) is 1. The molecule has 10 atom stereocenters. The number of carbonyl (C=O) groups is 1. The molecule has 0 amide bonds. The summed E-state index contributed by atoms with van der Waals surface area (Å²) in [6.07, 6.45) is -7.45. The zero-order valence-corrected chi connectivity index (χ0v) is 25.1. The van der Waals surface area contributed by atoms with Crippen LogP contribution in [0.15, 0.2) is 30.9 Å². The highest BCUT2D eigenvalue weighted by atomic mass is 32.1. The summed E-state index contributed by atoms with van der Waals surface area (Å²) in [6.45, 7) is -0.407. The smallest absolute Gasteiger partial charge is 0.387 e. The fraction of sp³-hybridized carbons (Fsp3) is 0.500. The molecule has 2 fully saturated rings. The van der Waals surface area contributed by atoms with Crippen LogP contribution in [0.3, 0.4) is 0 Å². The number of rotatable bonds is 11. The topological polar surface area (TPSA) is 287 Å². The van der Waals surface area contributed by atoms with Gasteiger partial charge in [-0.15, -0.1) is 0 Å². The van der Waals surface area contributed by atoms with Gasteiger partial charge in [0.2, 0.25) is 0 Å². The normalized spacial score (nSPS) is 31.6. The Kier molecular flexibility index (Phi) is 9.58. The zero-order chi connectivity index (χ0) is 32.0. The number of anilines is 1. The molecule has 5 rings (SSSR count). The molecular formula is C22H28N5O14P2S+. The number of aliphatic hydroxyl groups excluding tert-OH is 4. The first-order valence-electron chi connectivity index (χ1n) is 12.7. The molecule has 5 heterocycles. The molecule has 240 valence electrons. The Hall–Kier alpha value is -2.39. The van der Waals surface area contributed by atoms with Crippen LogP contribution in [0.4, 0.5) is 5.82 Å². The number of hydrogen-bond acceptors (Lipinski definition) is 17. The van der Waals surface area contributed by atoms with E-state index in [1.54, 1.807) is 0 Å². The minimum absolute atomic E-state index is 0.0859. The average molecular weight is 681 g/mol. The SMILES string of the molecule is CC(=O)c1ccc[n+]([C@@H]2O[C@H](COP(=O)(O)OP(=O)(O)OC[C@H]3O[C@@H](c4snc5c(N)ncnc45)C(O)[C@H]3O)[C@H](O)C2O)c1. The summed E-state index contributed by atoms with van der Waals surface area (Å²) in [4.78, 5) is 39.9. The van der Waals surface area contributed by atoms with E-state index in [0.29, 0.717) is 10.4 Å². The second kappa shape index (κ2) is 12.8. The Labute approximate surface area is 251 Å². The first-order chi connectivity index (χ1) is 20.7. The van der Waals surface area contributed by atoms with E-state index in [9.17, 15) is 44.1 Å². The molecule has 44 heavy (non-hydrogen) atoms. The van der Waals surface area contributed by atoms with E-state index in [2.05, 4.69) is 18.7 Å². The number of ketones is 1. The average Bonchev–Trinajstić information content (AvgIpc) is 3.61. The zero-order valence-electron chi connectivity index (χ0n) is 22.5. The Morgan fingerprint density at radius 2 is 1.64 bits per heavy atom. The third kappa shape index (κ3) is 6.88. The molecule has 8 N–H and O–H groups in total. The number of aliphatic hydroxyl groups is 4. The first-order valence-corrected chi connectivity index (χ1v) is 16.5. The van der Waals surface area contributed by atoms with E-state index in [-0.39, 0.29) is 22.6 Å². The van der Waals surface area contributed by atoms with E-state index in [0.717, 1.165) is 11.5 Å². The molecule has 22 heteroatoms. The van der Waals surface area contributed by atoms with E-state index in [4.69, 9.17) is 24.3 Å². The van der Waals surface area contributed by atoms with Crippen LogP contribution in [-0.4, -0.2) is 100 Å². The Balaban J connectivity index is 1.16. The lowest BCUT2D eigenvalue weighted by Gasteiger charge is -2.20. The molecular weight excluding hydrogens is 652 g/mol. The third-order valence-corrected chi connectivity index (χ3v) is 10.3. The number of fused-ring (bicyclic) bond motifs is 1. The number of pyridine rings is 1. The molecule has 0 aromatic carbocycles. The lowest BCUT2D eigenvalue weighted by molar-refractivity contribution is -0.765. The number of phosphoric acid groups is 2. The van der Waals surface area contributed by atoms with Gasteiger partial charge < -0.3 is 45.4 Å². The van der Waals surface area contributed by atoms with Crippen LogP contribution in [0, 0.1) is 0 Å². The molecule has 0 saturated carbocycles. The quantitative estimate of drug-likeness (QED) is 0.0718. The van der Waals surface area contributed by atoms with Crippen molar-refractivity contribution in [3.05, 3.63) is 41.3 Å². The molecule has 0 spiro atoms. The predicted molar refractivity (Wildman–Crippen MR) is 144 cm³/mol. The Morgan fingerprint density at radius 3 is 2.30 bits per heavy atom. The van der Waals surface area contributed by atoms with Crippen molar-refractivity contribution in [3.63, 3.8) is 0 Å². The van der Waals surface area contributed by atoms with Crippen molar-refractivity contribution >= 4 is 49.8 Å². The highest BCUT2D eigenvalue weighted by Gasteiger charge is 2.50. The second-order valence-corrected chi connectivity index (χ2v) is 13.7. The van der Waals surface area contributed by atoms with Gasteiger partial charge >= 0.3 is 15.6 Å². The van der Waals surface area contributed by atoms with E-state index >= 15 is 0 Å². The second-order valence-electron chi connectivity index (χ2n) is 9.83. The minimum atomic E-state index is -5.35. The maximum Gasteiger partial charge on any atom is 0.481 e. The summed E-state index contributed by atoms with van der Waals surface area (Å²) in [5.74, 6) is -0.178. The van der Waals surface area contributed by atoms with Crippen LogP contribution in [-0.2, 0) is 32.0 Å². The van der Waals surface area contributed by atoms with Crippen molar-refractivity contribution in [1.29, 1.82) is 0 Å². The van der Waals surface area contributed by atoms with Gasteiger partial charge in [-0.05, 0) is 24.5 Å². The third-order valence-electron chi connectivity index (χ3n) is 6.81. The number of phosphoric ester groups is 2. The minimum Gasteiger partial charge on any atom is -0.387 e. The number of nitrogen functional groups attached to an aromatic ring is 1. The summed E-state index contributed by atoms with van der Waals surface area (Å²) < 4.78 is 55.2. The van der Waals surface area contributed by atoms with Gasteiger partial charge in [0.15, 0.2) is 30.1 Å². The van der Waals surface area contributed by atoms with Crippen molar-refractivity contribution < 1.29 is 71.5 Å². The van der Waals surface area contributed by atoms with Crippen LogP contribution < -0.4 is 10.3 Å². The van der Waals surface area contributed by atoms with Crippen molar-refractivity contribution in [3.8, 4) is 0 Å². The maximum atomic E-state index is 12.4. The fourth-order valence-electron chi connectivity index (χ4n) is 4.58. The van der Waals surface area contributed by atoms with Gasteiger partial charge in [0.1, 0.15) is 54.0 Å². The first kappa shape index (κ1) is 33.0. The number of hydrogen-bond donors (Lipinski definition) is 7. The van der Waals surface area contributed by atoms with E-state index in [1.165, 1.54) is 42.3 Å². The maximum absolute atomic E-state index is 12.4. The number of ether oxygens (including phenoxy) is 2. The van der Waals surface area contributed by atoms with Crippen LogP contribution in [0.1, 0.15) is 34.5 Å². The Morgan fingerprint density at radius 1 is 1.00 bits per heavy atom. The number of nitrogens with zero attached hydrogens (tertiary/aromatic N) is 4. The standard InChI is InChI=1S/C22H27N5O14P2S/c1-9(28)10-3-2-4-27(5-10)22-18(32)16(30)12(40-22)7-38-43(35,36)41-42(33,34)37-6-11-15(29)17(31)19(39-11)20-13-14(26-44-20)21(23)25-8-24-13/h2-5,8,11-12,15-19,22,29-32H,6-7H2,1H3,(H3-,23,24,25,33,34,35,36)/p+1/t11-,12-,15+,16+,17?,18?,19-,22-/m1/s1. The summed E-state index contributed by atoms with van der Waals surface area (Å²) in [6, 6.07) is 3.04. The van der Waals surface area contributed by atoms with Gasteiger partial charge in [-0.25, -0.2) is 19.1 Å². The monoisotopic (exact) mass is 680 g/mol. The molecule has 19 nitrogen and oxygen atoms in total. The summed E-state index contributed by atoms with van der Waals surface area (Å²) in [5, 5.41) is 41.7. The van der Waals surface area contributed by atoms with Gasteiger partial charge in [0, 0.05) is 6.07 Å². The van der Waals surface area contributed by atoms with Crippen LogP contribution in [0.25, 0.3) is 11.0 Å². The highest BCUT2D eigenvalue weighted by molar-refractivity contribution is 7.61. The molecule has 4 unspecified atom stereocenters. The fourth-order valence-corrected chi connectivity index (χ4v) is 7.57.